The van der Waals surface area contributed by atoms with Gasteiger partial charge >= 0.3 is 5.97 Å². The summed E-state index contributed by atoms with van der Waals surface area (Å²) in [7, 11) is 0. The van der Waals surface area contributed by atoms with E-state index in [0.717, 1.165) is 0 Å². The van der Waals surface area contributed by atoms with Gasteiger partial charge in [0.15, 0.2) is 0 Å². The SMILES string of the molecule is CC(C)[C@H](CO)N1C(=O)[C@H]2[C@@H]3C(=O)O[C@H](c4ccccc4)CNC(=O)CC/C=C\CN(C(C)(C)CC(C)(C)C)C(=O)[C@H]1[C@@]21C=C(Br)[C@@H]3O1. The molecule has 10 nitrogen and oxygen atoms in total. The number of allylic oxidation sites excluding steroid dienone is 1. The van der Waals surface area contributed by atoms with Gasteiger partial charge in [-0.2, -0.15) is 0 Å². The number of halogens is 1. The van der Waals surface area contributed by atoms with E-state index in [9.17, 15) is 19.5 Å². The van der Waals surface area contributed by atoms with Gasteiger partial charge in [0.1, 0.15) is 29.8 Å². The Balaban J connectivity index is 1.66. The van der Waals surface area contributed by atoms with Gasteiger partial charge in [-0.1, -0.05) is 93.0 Å². The molecule has 262 valence electrons. The zero-order chi connectivity index (χ0) is 35.2. The number of cyclic esters (lactones) is 1. The molecule has 3 amide bonds. The third-order valence-corrected chi connectivity index (χ3v) is 10.7. The predicted octanol–water partition coefficient (Wildman–Crippen LogP) is 4.67. The fourth-order valence-corrected chi connectivity index (χ4v) is 9.02. The Hall–Kier alpha value is -3.02. The molecule has 5 rings (SSSR count). The molecule has 2 fully saturated rings. The number of likely N-dealkylation sites (tertiary alicyclic amines) is 1. The molecule has 11 heteroatoms. The van der Waals surface area contributed by atoms with Crippen molar-refractivity contribution in [3.8, 4) is 0 Å². The van der Waals surface area contributed by atoms with Gasteiger partial charge in [-0.25, -0.2) is 0 Å². The lowest BCUT2D eigenvalue weighted by molar-refractivity contribution is -0.161. The summed E-state index contributed by atoms with van der Waals surface area (Å²) in [4.78, 5) is 60.5. The van der Waals surface area contributed by atoms with Gasteiger partial charge in [-0.3, -0.25) is 19.2 Å². The van der Waals surface area contributed by atoms with Crippen LogP contribution in [0.4, 0.5) is 0 Å². The number of aliphatic hydroxyl groups excluding tert-OH is 1. The molecular weight excluding hydrogens is 678 g/mol. The number of rotatable bonds is 6. The van der Waals surface area contributed by atoms with Crippen LogP contribution in [-0.2, 0) is 28.7 Å². The second-order valence-corrected chi connectivity index (χ2v) is 16.6. The Morgan fingerprint density at radius 1 is 1.04 bits per heavy atom. The van der Waals surface area contributed by atoms with Crippen LogP contribution >= 0.6 is 15.9 Å². The normalized spacial score (nSPS) is 31.5. The van der Waals surface area contributed by atoms with Gasteiger partial charge in [0.25, 0.3) is 0 Å². The summed E-state index contributed by atoms with van der Waals surface area (Å²) < 4.78 is 13.4. The first kappa shape index (κ1) is 36.3. The lowest BCUT2D eigenvalue weighted by atomic mass is 9.74. The standard InChI is InChI=1S/C37H50BrN3O7/c1-22(2)25(20-42)41-31-33(45)40(36(6,7)21-35(3,4)5)17-13-9-12-16-27(43)39-19-26(23-14-10-8-11-15-23)47-34(46)28-29(32(41)44)37(31)18-24(38)30(28)48-37/h8-11,13-15,18,22,25-26,28-31,42H,12,16-17,19-21H2,1-7H3,(H,39,43)/b13-9-/t25-,26-,28-,29+,30-,31-,37+/m0/s1. The Labute approximate surface area is 292 Å². The van der Waals surface area contributed by atoms with Gasteiger partial charge in [-0.15, -0.1) is 0 Å². The molecule has 5 bridgehead atoms. The van der Waals surface area contributed by atoms with Crippen LogP contribution in [0.15, 0.2) is 53.0 Å². The average Bonchev–Trinajstić information content (AvgIpc) is 3.59. The first-order valence-electron chi connectivity index (χ1n) is 17.0. The summed E-state index contributed by atoms with van der Waals surface area (Å²) in [6.45, 7) is 14.1. The summed E-state index contributed by atoms with van der Waals surface area (Å²) >= 11 is 3.62. The van der Waals surface area contributed by atoms with Gasteiger partial charge < -0.3 is 29.7 Å². The highest BCUT2D eigenvalue weighted by Gasteiger charge is 2.76. The minimum absolute atomic E-state index is 0.0548. The van der Waals surface area contributed by atoms with Crippen molar-refractivity contribution in [2.24, 2.45) is 23.2 Å². The molecule has 1 aromatic carbocycles. The summed E-state index contributed by atoms with van der Waals surface area (Å²) in [5.41, 5.74) is -1.56. The fourth-order valence-electron chi connectivity index (χ4n) is 8.28. The Kier molecular flexibility index (Phi) is 10.4. The maximum absolute atomic E-state index is 15.2. The summed E-state index contributed by atoms with van der Waals surface area (Å²) in [5, 5.41) is 13.6. The number of nitrogens with zero attached hydrogens (tertiary/aromatic N) is 2. The van der Waals surface area contributed by atoms with Crippen molar-refractivity contribution in [3.63, 3.8) is 0 Å². The van der Waals surface area contributed by atoms with E-state index in [1.165, 1.54) is 4.90 Å². The van der Waals surface area contributed by atoms with E-state index >= 15 is 4.79 Å². The quantitative estimate of drug-likeness (QED) is 0.322. The Morgan fingerprint density at radius 3 is 2.35 bits per heavy atom. The number of aliphatic hydroxyl groups is 1. The van der Waals surface area contributed by atoms with Crippen LogP contribution in [0.1, 0.15) is 79.4 Å². The average molecular weight is 729 g/mol. The molecule has 2 N–H and O–H groups in total. The number of fused-ring (bicyclic) bond motifs is 2. The molecule has 1 aromatic rings. The lowest BCUT2D eigenvalue weighted by Crippen LogP contribution is -2.63. The molecule has 0 unspecified atom stereocenters. The molecule has 0 aliphatic carbocycles. The van der Waals surface area contributed by atoms with E-state index in [1.807, 2.05) is 70.2 Å². The molecule has 48 heavy (non-hydrogen) atoms. The molecule has 0 saturated carbocycles. The number of hydrogen-bond donors (Lipinski definition) is 2. The summed E-state index contributed by atoms with van der Waals surface area (Å²) in [6, 6.07) is 7.32. The number of nitrogens with one attached hydrogen (secondary N) is 1. The predicted molar refractivity (Wildman–Crippen MR) is 184 cm³/mol. The van der Waals surface area contributed by atoms with Crippen LogP contribution < -0.4 is 5.32 Å². The fraction of sp³-hybridized carbons (Fsp3) is 0.622. The smallest absolute Gasteiger partial charge is 0.313 e. The van der Waals surface area contributed by atoms with Crippen molar-refractivity contribution >= 4 is 39.6 Å². The molecule has 4 aliphatic rings. The van der Waals surface area contributed by atoms with E-state index in [1.54, 1.807) is 11.0 Å². The highest BCUT2D eigenvalue weighted by atomic mass is 79.9. The van der Waals surface area contributed by atoms with Crippen molar-refractivity contribution in [1.82, 2.24) is 15.1 Å². The minimum atomic E-state index is -1.46. The molecule has 2 saturated heterocycles. The third kappa shape index (κ3) is 6.74. The van der Waals surface area contributed by atoms with Crippen molar-refractivity contribution in [1.29, 1.82) is 0 Å². The first-order valence-corrected chi connectivity index (χ1v) is 17.8. The van der Waals surface area contributed by atoms with Crippen molar-refractivity contribution in [2.75, 3.05) is 19.7 Å². The topological polar surface area (TPSA) is 125 Å². The van der Waals surface area contributed by atoms with Crippen LogP contribution in [0.25, 0.3) is 0 Å². The van der Waals surface area contributed by atoms with Gasteiger partial charge in [0.2, 0.25) is 17.7 Å². The maximum atomic E-state index is 15.2. The van der Waals surface area contributed by atoms with Crippen LogP contribution in [0.5, 0.6) is 0 Å². The summed E-state index contributed by atoms with van der Waals surface area (Å²) in [6.07, 6.45) is 5.27. The zero-order valence-corrected chi connectivity index (χ0v) is 30.7. The molecule has 1 spiro atoms. The number of benzene rings is 1. The van der Waals surface area contributed by atoms with E-state index in [-0.39, 0.29) is 49.3 Å². The van der Waals surface area contributed by atoms with Crippen LogP contribution in [0.3, 0.4) is 0 Å². The molecule has 4 heterocycles. The van der Waals surface area contributed by atoms with Gasteiger partial charge in [-0.05, 0) is 49.7 Å². The van der Waals surface area contributed by atoms with E-state index in [4.69, 9.17) is 9.47 Å². The van der Waals surface area contributed by atoms with Gasteiger partial charge in [0.05, 0.1) is 25.1 Å². The van der Waals surface area contributed by atoms with E-state index < -0.39 is 59.1 Å². The van der Waals surface area contributed by atoms with Gasteiger partial charge in [0, 0.05) is 23.0 Å². The number of carbonyl (C=O) groups is 4. The third-order valence-electron chi connectivity index (χ3n) is 10.1. The highest BCUT2D eigenvalue weighted by Crippen LogP contribution is 2.59. The minimum Gasteiger partial charge on any atom is -0.455 e. The van der Waals surface area contributed by atoms with Crippen molar-refractivity contribution in [2.45, 2.75) is 103 Å². The van der Waals surface area contributed by atoms with Crippen LogP contribution in [0, 0.1) is 23.2 Å². The van der Waals surface area contributed by atoms with Crippen LogP contribution in [-0.4, -0.2) is 87.6 Å². The maximum Gasteiger partial charge on any atom is 0.313 e. The first-order chi connectivity index (χ1) is 22.5. The second kappa shape index (κ2) is 13.7. The van der Waals surface area contributed by atoms with E-state index in [2.05, 4.69) is 42.0 Å². The number of amides is 3. The monoisotopic (exact) mass is 727 g/mol. The zero-order valence-electron chi connectivity index (χ0n) is 29.1. The number of carbonyl (C=O) groups excluding carboxylic acids is 4. The van der Waals surface area contributed by atoms with Crippen molar-refractivity contribution in [3.05, 3.63) is 58.6 Å². The number of ether oxygens (including phenoxy) is 2. The Morgan fingerprint density at radius 2 is 1.73 bits per heavy atom. The number of hydrogen-bond acceptors (Lipinski definition) is 7. The molecule has 4 aliphatic heterocycles. The molecular formula is C37H50BrN3O7. The lowest BCUT2D eigenvalue weighted by Gasteiger charge is -2.46. The Bertz CT molecular complexity index is 1470. The highest BCUT2D eigenvalue weighted by molar-refractivity contribution is 9.11. The summed E-state index contributed by atoms with van der Waals surface area (Å²) in [5.74, 6) is -3.89. The molecule has 0 aromatic heterocycles. The number of esters is 1. The molecule has 0 radical (unpaired) electrons. The largest absolute Gasteiger partial charge is 0.455 e. The van der Waals surface area contributed by atoms with Crippen molar-refractivity contribution < 1.29 is 33.8 Å². The van der Waals surface area contributed by atoms with E-state index in [0.29, 0.717) is 22.9 Å². The second-order valence-electron chi connectivity index (χ2n) is 15.7. The molecule has 7 atom stereocenters. The van der Waals surface area contributed by atoms with Crippen LogP contribution in [0.2, 0.25) is 0 Å².